The van der Waals surface area contributed by atoms with Crippen LogP contribution in [-0.4, -0.2) is 53.8 Å². The van der Waals surface area contributed by atoms with Gasteiger partial charge in [-0.05, 0) is 30.4 Å². The van der Waals surface area contributed by atoms with Gasteiger partial charge >= 0.3 is 6.09 Å². The second-order valence-electron chi connectivity index (χ2n) is 7.74. The summed E-state index contributed by atoms with van der Waals surface area (Å²) in [5, 5.41) is 3.08. The fourth-order valence-corrected chi connectivity index (χ4v) is 4.48. The number of nitrogens with one attached hydrogen (secondary N) is 1. The van der Waals surface area contributed by atoms with Gasteiger partial charge in [0.1, 0.15) is 30.8 Å². The Kier molecular flexibility index (Phi) is 4.67. The zero-order chi connectivity index (χ0) is 21.7. The number of imidazole rings is 1. The van der Waals surface area contributed by atoms with Gasteiger partial charge in [-0.3, -0.25) is 4.79 Å². The van der Waals surface area contributed by atoms with Crippen molar-refractivity contribution in [3.05, 3.63) is 23.4 Å². The normalized spacial score (nSPS) is 19.4. The molecule has 2 aromatic rings. The summed E-state index contributed by atoms with van der Waals surface area (Å²) in [6.07, 6.45) is 0.564. The van der Waals surface area contributed by atoms with Crippen LogP contribution in [-0.2, 0) is 28.9 Å². The van der Waals surface area contributed by atoms with Gasteiger partial charge in [0.25, 0.3) is 6.43 Å². The maximum Gasteiger partial charge on any atom is 0.416 e. The number of hydrogen-bond acceptors (Lipinski definition) is 6. The molecule has 0 unspecified atom stereocenters. The molecule has 2 aliphatic heterocycles. The largest absolute Gasteiger partial charge is 0.491 e. The number of amides is 2. The Morgan fingerprint density at radius 1 is 1.32 bits per heavy atom. The van der Waals surface area contributed by atoms with Crippen LogP contribution in [0.5, 0.6) is 5.75 Å². The number of halogens is 2. The van der Waals surface area contributed by atoms with Crippen LogP contribution in [0.3, 0.4) is 0 Å². The second kappa shape index (κ2) is 7.40. The smallest absolute Gasteiger partial charge is 0.416 e. The van der Waals surface area contributed by atoms with Gasteiger partial charge in [0.15, 0.2) is 5.82 Å². The first-order valence-corrected chi connectivity index (χ1v) is 10.1. The predicted molar refractivity (Wildman–Crippen MR) is 106 cm³/mol. The zero-order valence-corrected chi connectivity index (χ0v) is 16.6. The third-order valence-electron chi connectivity index (χ3n) is 5.84. The Morgan fingerprint density at radius 3 is 2.90 bits per heavy atom. The van der Waals surface area contributed by atoms with Crippen LogP contribution in [0.25, 0.3) is 11.4 Å². The zero-order valence-electron chi connectivity index (χ0n) is 16.6. The SMILES string of the molecule is NC(=O)CNc1cc2c(c3c1CCC3)-c1nc(N3C(=O)OC[C@H]3C(F)F)cn1CCO2. The van der Waals surface area contributed by atoms with Gasteiger partial charge in [-0.15, -0.1) is 0 Å². The number of nitrogens with zero attached hydrogens (tertiary/aromatic N) is 3. The van der Waals surface area contributed by atoms with Crippen LogP contribution >= 0.6 is 0 Å². The van der Waals surface area contributed by atoms with Gasteiger partial charge in [0.05, 0.1) is 18.7 Å². The van der Waals surface area contributed by atoms with Crippen molar-refractivity contribution in [2.24, 2.45) is 5.73 Å². The molecule has 31 heavy (non-hydrogen) atoms. The fourth-order valence-electron chi connectivity index (χ4n) is 4.48. The molecule has 5 rings (SSSR count). The van der Waals surface area contributed by atoms with Crippen LogP contribution in [0.4, 0.5) is 25.1 Å². The van der Waals surface area contributed by atoms with Crippen molar-refractivity contribution < 1.29 is 27.8 Å². The molecule has 0 bridgehead atoms. The molecule has 1 aromatic heterocycles. The van der Waals surface area contributed by atoms with Crippen LogP contribution in [0.1, 0.15) is 17.5 Å². The fraction of sp³-hybridized carbons (Fsp3) is 0.450. The van der Waals surface area contributed by atoms with Gasteiger partial charge in [0, 0.05) is 18.0 Å². The van der Waals surface area contributed by atoms with E-state index in [1.54, 1.807) is 6.20 Å². The number of anilines is 2. The monoisotopic (exact) mass is 433 g/mol. The van der Waals surface area contributed by atoms with Gasteiger partial charge < -0.3 is 25.1 Å². The topological polar surface area (TPSA) is 112 Å². The van der Waals surface area contributed by atoms with Crippen molar-refractivity contribution in [2.75, 3.05) is 30.0 Å². The summed E-state index contributed by atoms with van der Waals surface area (Å²) in [6.45, 7) is 0.420. The lowest BCUT2D eigenvalue weighted by molar-refractivity contribution is -0.116. The molecule has 164 valence electrons. The van der Waals surface area contributed by atoms with E-state index in [2.05, 4.69) is 10.3 Å². The second-order valence-corrected chi connectivity index (χ2v) is 7.74. The number of alkyl halides is 2. The first kappa shape index (κ1) is 19.6. The van der Waals surface area contributed by atoms with Crippen LogP contribution in [0.2, 0.25) is 0 Å². The van der Waals surface area contributed by atoms with E-state index in [1.807, 2.05) is 10.6 Å². The predicted octanol–water partition coefficient (Wildman–Crippen LogP) is 1.92. The number of hydrogen-bond donors (Lipinski definition) is 2. The summed E-state index contributed by atoms with van der Waals surface area (Å²) in [5.74, 6) is 0.833. The number of carbonyl (C=O) groups is 2. The molecule has 0 spiro atoms. The average molecular weight is 433 g/mol. The van der Waals surface area contributed by atoms with E-state index in [0.29, 0.717) is 24.7 Å². The lowest BCUT2D eigenvalue weighted by Crippen LogP contribution is -2.38. The van der Waals surface area contributed by atoms with Crippen LogP contribution in [0.15, 0.2) is 12.3 Å². The van der Waals surface area contributed by atoms with E-state index in [-0.39, 0.29) is 19.0 Å². The van der Waals surface area contributed by atoms with Crippen LogP contribution < -0.4 is 20.7 Å². The van der Waals surface area contributed by atoms with E-state index in [0.717, 1.165) is 46.5 Å². The minimum atomic E-state index is -2.74. The third-order valence-corrected chi connectivity index (χ3v) is 5.84. The number of rotatable bonds is 5. The highest BCUT2D eigenvalue weighted by Gasteiger charge is 2.42. The summed E-state index contributed by atoms with van der Waals surface area (Å²) in [7, 11) is 0. The Labute approximate surface area is 176 Å². The maximum atomic E-state index is 13.4. The number of fused-ring (bicyclic) bond motifs is 5. The molecule has 3 N–H and O–H groups in total. The Hall–Kier alpha value is -3.37. The summed E-state index contributed by atoms with van der Waals surface area (Å²) < 4.78 is 39.5. The average Bonchev–Trinajstić information content (AvgIpc) is 3.42. The van der Waals surface area contributed by atoms with E-state index >= 15 is 0 Å². The van der Waals surface area contributed by atoms with Crippen molar-refractivity contribution in [3.8, 4) is 17.1 Å². The van der Waals surface area contributed by atoms with E-state index < -0.39 is 24.5 Å². The Morgan fingerprint density at radius 2 is 2.13 bits per heavy atom. The van der Waals surface area contributed by atoms with Crippen LogP contribution in [0, 0.1) is 0 Å². The summed E-state index contributed by atoms with van der Waals surface area (Å²) in [6, 6.07) is 0.465. The number of nitrogens with two attached hydrogens (primary N) is 1. The quantitative estimate of drug-likeness (QED) is 0.745. The van der Waals surface area contributed by atoms with E-state index in [1.165, 1.54) is 0 Å². The third kappa shape index (κ3) is 3.24. The standard InChI is InChI=1S/C20H21F2N5O4/c21-18(22)13-9-31-20(29)27(13)16-8-26-4-5-30-14-6-12(24-7-15(23)28)10-2-1-3-11(10)17(14)19(26)25-16/h6,8,13,18,24H,1-5,7,9H2,(H2,23,28)/t13-/m0/s1. The summed E-state index contributed by atoms with van der Waals surface area (Å²) in [4.78, 5) is 28.9. The van der Waals surface area contributed by atoms with E-state index in [4.69, 9.17) is 15.2 Å². The molecular formula is C20H21F2N5O4. The first-order chi connectivity index (χ1) is 14.9. The summed E-state index contributed by atoms with van der Waals surface area (Å²) in [5.41, 5.74) is 8.97. The number of primary amides is 1. The first-order valence-electron chi connectivity index (χ1n) is 10.1. The number of aromatic nitrogens is 2. The minimum Gasteiger partial charge on any atom is -0.491 e. The number of carbonyl (C=O) groups excluding carboxylic acids is 2. The summed E-state index contributed by atoms with van der Waals surface area (Å²) >= 11 is 0. The molecule has 0 saturated carbocycles. The van der Waals surface area contributed by atoms with Gasteiger partial charge in [-0.1, -0.05) is 0 Å². The number of ether oxygens (including phenoxy) is 2. The highest BCUT2D eigenvalue weighted by molar-refractivity contribution is 5.90. The van der Waals surface area contributed by atoms with Crippen molar-refractivity contribution in [2.45, 2.75) is 38.3 Å². The highest BCUT2D eigenvalue weighted by Crippen LogP contribution is 2.45. The molecule has 1 fully saturated rings. The lowest BCUT2D eigenvalue weighted by atomic mass is 9.99. The molecule has 1 saturated heterocycles. The minimum absolute atomic E-state index is 0.0100. The molecule has 3 aliphatic rings. The van der Waals surface area contributed by atoms with Crippen molar-refractivity contribution in [3.63, 3.8) is 0 Å². The highest BCUT2D eigenvalue weighted by atomic mass is 19.3. The van der Waals surface area contributed by atoms with E-state index in [9.17, 15) is 18.4 Å². The molecule has 2 amide bonds. The van der Waals surface area contributed by atoms with Gasteiger partial charge in [-0.2, -0.15) is 0 Å². The van der Waals surface area contributed by atoms with Crippen molar-refractivity contribution in [1.82, 2.24) is 9.55 Å². The number of benzene rings is 1. The molecule has 3 heterocycles. The Bertz CT molecular complexity index is 1070. The molecule has 1 atom stereocenters. The molecule has 1 aromatic carbocycles. The van der Waals surface area contributed by atoms with Crippen molar-refractivity contribution in [1.29, 1.82) is 0 Å². The lowest BCUT2D eigenvalue weighted by Gasteiger charge is -2.18. The van der Waals surface area contributed by atoms with Gasteiger partial charge in [-0.25, -0.2) is 23.5 Å². The van der Waals surface area contributed by atoms with Gasteiger partial charge in [0.2, 0.25) is 5.91 Å². The Balaban J connectivity index is 1.60. The van der Waals surface area contributed by atoms with Crippen molar-refractivity contribution >= 4 is 23.5 Å². The molecule has 9 nitrogen and oxygen atoms in total. The molecule has 11 heteroatoms. The number of cyclic esters (lactones) is 1. The maximum absolute atomic E-state index is 13.4. The molecular weight excluding hydrogens is 412 g/mol. The molecule has 1 aliphatic carbocycles. The molecule has 0 radical (unpaired) electrons.